The number of rotatable bonds is 5. The summed E-state index contributed by atoms with van der Waals surface area (Å²) >= 11 is 6.19. The van der Waals surface area contributed by atoms with E-state index < -0.39 is 38.4 Å². The van der Waals surface area contributed by atoms with Crippen LogP contribution in [0.4, 0.5) is 18.9 Å². The molecule has 2 aliphatic carbocycles. The summed E-state index contributed by atoms with van der Waals surface area (Å²) in [7, 11) is -2.44. The lowest BCUT2D eigenvalue weighted by Gasteiger charge is -2.26. The van der Waals surface area contributed by atoms with E-state index in [-0.39, 0.29) is 39.0 Å². The van der Waals surface area contributed by atoms with Crippen molar-refractivity contribution in [2.75, 3.05) is 12.4 Å². The summed E-state index contributed by atoms with van der Waals surface area (Å²) in [6.07, 6.45) is 1.92. The fourth-order valence-corrected chi connectivity index (χ4v) is 7.88. The predicted octanol–water partition coefficient (Wildman–Crippen LogP) is 4.27. The molecule has 0 aromatic heterocycles. The van der Waals surface area contributed by atoms with Crippen LogP contribution in [0.25, 0.3) is 0 Å². The van der Waals surface area contributed by atoms with E-state index in [2.05, 4.69) is 5.32 Å². The van der Waals surface area contributed by atoms with E-state index in [9.17, 15) is 31.6 Å². The maximum Gasteiger partial charge on any atom is 0.255 e. The van der Waals surface area contributed by atoms with Gasteiger partial charge in [-0.15, -0.1) is 0 Å². The van der Waals surface area contributed by atoms with Gasteiger partial charge >= 0.3 is 0 Å². The van der Waals surface area contributed by atoms with Gasteiger partial charge in [0, 0.05) is 36.5 Å². The minimum atomic E-state index is -3.94. The van der Waals surface area contributed by atoms with Crippen LogP contribution in [0.15, 0.2) is 35.2 Å². The average molecular weight is 489 g/mol. The van der Waals surface area contributed by atoms with Gasteiger partial charge in [0.1, 0.15) is 0 Å². The third kappa shape index (κ3) is 3.89. The molecule has 172 valence electrons. The Morgan fingerprint density at radius 2 is 1.81 bits per heavy atom. The molecule has 0 aliphatic heterocycles. The van der Waals surface area contributed by atoms with Gasteiger partial charge < -0.3 is 10.5 Å². The number of carbonyl (C=O) groups excluding carboxylic acids is 1. The Balaban J connectivity index is 1.64. The van der Waals surface area contributed by atoms with E-state index in [1.165, 1.54) is 19.2 Å². The number of nitrogens with one attached hydrogen (secondary N) is 1. The van der Waals surface area contributed by atoms with Crippen LogP contribution < -0.4 is 5.32 Å². The van der Waals surface area contributed by atoms with Crippen molar-refractivity contribution in [2.24, 2.45) is 11.8 Å². The van der Waals surface area contributed by atoms with Crippen molar-refractivity contribution < 1.29 is 31.6 Å². The molecular weight excluding hydrogens is 469 g/mol. The van der Waals surface area contributed by atoms with Gasteiger partial charge in [-0.1, -0.05) is 11.6 Å². The van der Waals surface area contributed by atoms with Crippen LogP contribution >= 0.6 is 11.6 Å². The summed E-state index contributed by atoms with van der Waals surface area (Å²) in [5.41, 5.74) is -0.423. The Bertz CT molecular complexity index is 1170. The SMILES string of the molecule is CN(O)[C@@H]1CC2CCC1[C@@H]2S(=O)(=O)c1cc(C(=O)Nc2cc(F)c(F)c(F)c2)ccc1Cl. The van der Waals surface area contributed by atoms with Crippen LogP contribution in [0.2, 0.25) is 5.02 Å². The molecule has 2 unspecified atom stereocenters. The molecule has 0 spiro atoms. The standard InChI is InChI=1S/C21H20ClF3N2O4S/c1-27(29)17-6-10-2-4-13(17)20(10)32(30,31)18-7-11(3-5-14(18)22)21(28)26-12-8-15(23)19(25)16(24)9-12/h3,5,7-10,13,17,20,29H,2,4,6H2,1H3,(H,26,28)/t10?,13?,17-,20-/m1/s1. The highest BCUT2D eigenvalue weighted by molar-refractivity contribution is 7.92. The van der Waals surface area contributed by atoms with E-state index >= 15 is 0 Å². The van der Waals surface area contributed by atoms with Crippen molar-refractivity contribution >= 4 is 33.0 Å². The van der Waals surface area contributed by atoms with Crippen LogP contribution in [0.1, 0.15) is 29.6 Å². The molecule has 6 nitrogen and oxygen atoms in total. The zero-order chi connectivity index (χ0) is 23.4. The molecule has 2 aromatic rings. The minimum absolute atomic E-state index is 0.0550. The Hall–Kier alpha value is -2.14. The molecule has 4 rings (SSSR count). The van der Waals surface area contributed by atoms with Crippen molar-refractivity contribution in [3.63, 3.8) is 0 Å². The van der Waals surface area contributed by atoms with Gasteiger partial charge in [0.15, 0.2) is 27.3 Å². The highest BCUT2D eigenvalue weighted by Crippen LogP contribution is 2.51. The Labute approximate surface area is 187 Å². The molecule has 0 radical (unpaired) electrons. The number of halogens is 4. The highest BCUT2D eigenvalue weighted by atomic mass is 35.5. The van der Waals surface area contributed by atoms with Crippen LogP contribution in [0.3, 0.4) is 0 Å². The minimum Gasteiger partial charge on any atom is -0.322 e. The molecule has 2 saturated carbocycles. The van der Waals surface area contributed by atoms with Crippen molar-refractivity contribution in [3.05, 3.63) is 58.4 Å². The summed E-state index contributed by atoms with van der Waals surface area (Å²) in [5.74, 6) is -5.85. The fraction of sp³-hybridized carbons (Fsp3) is 0.381. The number of hydroxylamine groups is 2. The molecule has 2 aromatic carbocycles. The second-order valence-electron chi connectivity index (χ2n) is 8.24. The topological polar surface area (TPSA) is 86.7 Å². The smallest absolute Gasteiger partial charge is 0.255 e. The van der Waals surface area contributed by atoms with Crippen LogP contribution in [-0.4, -0.2) is 42.9 Å². The number of nitrogens with zero attached hydrogens (tertiary/aromatic N) is 1. The first-order valence-corrected chi connectivity index (χ1v) is 11.8. The molecule has 0 heterocycles. The zero-order valence-electron chi connectivity index (χ0n) is 16.9. The quantitative estimate of drug-likeness (QED) is 0.485. The van der Waals surface area contributed by atoms with Gasteiger partial charge in [0.25, 0.3) is 5.91 Å². The summed E-state index contributed by atoms with van der Waals surface area (Å²) in [4.78, 5) is 12.4. The fourth-order valence-electron chi connectivity index (χ4n) is 4.99. The van der Waals surface area contributed by atoms with Gasteiger partial charge in [0.2, 0.25) is 0 Å². The first-order valence-electron chi connectivity index (χ1n) is 9.91. The molecule has 4 atom stereocenters. The lowest BCUT2D eigenvalue weighted by Crippen LogP contribution is -2.36. The number of carbonyl (C=O) groups is 1. The van der Waals surface area contributed by atoms with E-state index in [1.807, 2.05) is 0 Å². The van der Waals surface area contributed by atoms with Crippen molar-refractivity contribution in [1.29, 1.82) is 0 Å². The first kappa shape index (κ1) is 23.0. The number of sulfone groups is 1. The van der Waals surface area contributed by atoms with E-state index in [4.69, 9.17) is 11.6 Å². The number of benzene rings is 2. The van der Waals surface area contributed by atoms with Gasteiger partial charge in [-0.05, 0) is 49.3 Å². The Kier molecular flexibility index (Phi) is 6.00. The molecule has 2 fully saturated rings. The lowest BCUT2D eigenvalue weighted by atomic mass is 9.95. The molecule has 32 heavy (non-hydrogen) atoms. The van der Waals surface area contributed by atoms with Crippen LogP contribution in [0.5, 0.6) is 0 Å². The van der Waals surface area contributed by atoms with E-state index in [0.29, 0.717) is 25.0 Å². The lowest BCUT2D eigenvalue weighted by molar-refractivity contribution is -0.116. The van der Waals surface area contributed by atoms with Gasteiger partial charge in [-0.2, -0.15) is 5.06 Å². The molecule has 0 saturated heterocycles. The van der Waals surface area contributed by atoms with E-state index in [1.54, 1.807) is 0 Å². The zero-order valence-corrected chi connectivity index (χ0v) is 18.4. The average Bonchev–Trinajstić information content (AvgIpc) is 3.31. The van der Waals surface area contributed by atoms with Gasteiger partial charge in [-0.3, -0.25) is 4.79 Å². The Morgan fingerprint density at radius 1 is 1.16 bits per heavy atom. The molecule has 2 aliphatic rings. The van der Waals surface area contributed by atoms with Crippen molar-refractivity contribution in [2.45, 2.75) is 35.4 Å². The van der Waals surface area contributed by atoms with Crippen LogP contribution in [0, 0.1) is 29.3 Å². The third-order valence-electron chi connectivity index (χ3n) is 6.38. The molecule has 2 N–H and O–H groups in total. The summed E-state index contributed by atoms with van der Waals surface area (Å²) in [5, 5.41) is 12.4. The maximum atomic E-state index is 13.5. The number of hydrogen-bond donors (Lipinski definition) is 2. The number of hydrogen-bond acceptors (Lipinski definition) is 5. The summed E-state index contributed by atoms with van der Waals surface area (Å²) in [6, 6.07) is 4.63. The van der Waals surface area contributed by atoms with Crippen LogP contribution in [-0.2, 0) is 9.84 Å². The normalized spacial score (nSPS) is 24.8. The number of amides is 1. The first-order chi connectivity index (χ1) is 15.0. The highest BCUT2D eigenvalue weighted by Gasteiger charge is 2.55. The third-order valence-corrected chi connectivity index (χ3v) is 9.22. The second-order valence-corrected chi connectivity index (χ2v) is 10.7. The Morgan fingerprint density at radius 3 is 2.41 bits per heavy atom. The van der Waals surface area contributed by atoms with E-state index in [0.717, 1.165) is 17.6 Å². The summed E-state index contributed by atoms with van der Waals surface area (Å²) < 4.78 is 66.9. The van der Waals surface area contributed by atoms with Crippen molar-refractivity contribution in [3.8, 4) is 0 Å². The number of fused-ring (bicyclic) bond motifs is 2. The largest absolute Gasteiger partial charge is 0.322 e. The molecule has 11 heteroatoms. The molecule has 2 bridgehead atoms. The predicted molar refractivity (Wildman–Crippen MR) is 111 cm³/mol. The molecule has 1 amide bonds. The second kappa shape index (κ2) is 8.33. The monoisotopic (exact) mass is 488 g/mol. The molecular formula is C21H20ClF3N2O4S. The van der Waals surface area contributed by atoms with Gasteiger partial charge in [0.05, 0.1) is 15.2 Å². The summed E-state index contributed by atoms with van der Waals surface area (Å²) in [6.45, 7) is 0. The van der Waals surface area contributed by atoms with Gasteiger partial charge in [-0.25, -0.2) is 21.6 Å². The van der Waals surface area contributed by atoms with Crippen molar-refractivity contribution in [1.82, 2.24) is 5.06 Å². The number of anilines is 1. The maximum absolute atomic E-state index is 13.5.